The van der Waals surface area contributed by atoms with Gasteiger partial charge in [-0.15, -0.1) is 0 Å². The summed E-state index contributed by atoms with van der Waals surface area (Å²) in [6.07, 6.45) is -7.31. The molecule has 2 fully saturated rings. The van der Waals surface area contributed by atoms with E-state index in [1.807, 2.05) is 26.8 Å². The number of carbonyl (C=O) groups excluding carboxylic acids is 1. The zero-order chi connectivity index (χ0) is 26.1. The molecule has 0 unspecified atom stereocenters. The Balaban J connectivity index is 1.60. The van der Waals surface area contributed by atoms with Gasteiger partial charge in [0.2, 0.25) is 0 Å². The van der Waals surface area contributed by atoms with Crippen LogP contribution < -0.4 is 0 Å². The highest BCUT2D eigenvalue weighted by Crippen LogP contribution is 2.40. The topological polar surface area (TPSA) is 175 Å². The van der Waals surface area contributed by atoms with Crippen molar-refractivity contribution in [1.29, 1.82) is 0 Å². The fourth-order valence-electron chi connectivity index (χ4n) is 4.79. The lowest BCUT2D eigenvalue weighted by Gasteiger charge is -2.42. The van der Waals surface area contributed by atoms with Crippen molar-refractivity contribution in [2.75, 3.05) is 13.2 Å². The van der Waals surface area contributed by atoms with E-state index >= 15 is 0 Å². The fourth-order valence-corrected chi connectivity index (χ4v) is 4.79. The molecule has 3 aliphatic rings. The number of rotatable bonds is 7. The first kappa shape index (κ1) is 28.3. The highest BCUT2D eigenvalue weighted by atomic mass is 16.7. The SMILES string of the molecule is CC1=CC(=O)CC(C)(C)[C@H]1/C=C/[C@@H](C)O[C@H]1O[C@@H](CO[C@H]2OC[C@H](O)[C@@H](O)[C@@H]2O)[C@H](O)[C@@H](O)[C@@H]1O. The highest BCUT2D eigenvalue weighted by molar-refractivity contribution is 5.92. The molecule has 0 aromatic heterocycles. The Morgan fingerprint density at radius 1 is 1.06 bits per heavy atom. The number of ether oxygens (including phenoxy) is 4. The van der Waals surface area contributed by atoms with Crippen molar-refractivity contribution in [2.24, 2.45) is 11.3 Å². The number of hydrogen-bond donors (Lipinski definition) is 6. The molecule has 1 aliphatic carbocycles. The third-order valence-electron chi connectivity index (χ3n) is 6.82. The number of hydrogen-bond acceptors (Lipinski definition) is 11. The van der Waals surface area contributed by atoms with Crippen LogP contribution in [-0.4, -0.2) is 111 Å². The summed E-state index contributed by atoms with van der Waals surface area (Å²) in [5.41, 5.74) is 0.689. The molecule has 0 aromatic rings. The molecule has 0 saturated carbocycles. The second-order valence-corrected chi connectivity index (χ2v) is 10.3. The lowest BCUT2D eigenvalue weighted by Crippen LogP contribution is -2.60. The van der Waals surface area contributed by atoms with E-state index in [4.69, 9.17) is 18.9 Å². The van der Waals surface area contributed by atoms with Gasteiger partial charge in [0.05, 0.1) is 19.3 Å². The molecule has 11 heteroatoms. The average Bonchev–Trinajstić information content (AvgIpc) is 2.76. The molecule has 0 bridgehead atoms. The molecule has 0 spiro atoms. The largest absolute Gasteiger partial charge is 0.388 e. The average molecular weight is 503 g/mol. The van der Waals surface area contributed by atoms with Gasteiger partial charge in [0.15, 0.2) is 18.4 Å². The Morgan fingerprint density at radius 3 is 2.37 bits per heavy atom. The Labute approximate surface area is 204 Å². The van der Waals surface area contributed by atoms with Gasteiger partial charge in [-0.2, -0.15) is 0 Å². The molecule has 0 aromatic carbocycles. The lowest BCUT2D eigenvalue weighted by atomic mass is 9.68. The van der Waals surface area contributed by atoms with Gasteiger partial charge in [-0.1, -0.05) is 31.6 Å². The van der Waals surface area contributed by atoms with E-state index < -0.39 is 61.4 Å². The van der Waals surface area contributed by atoms with Crippen LogP contribution in [0.15, 0.2) is 23.8 Å². The predicted molar refractivity (Wildman–Crippen MR) is 121 cm³/mol. The van der Waals surface area contributed by atoms with Gasteiger partial charge >= 0.3 is 0 Å². The standard InChI is InChI=1S/C24H38O11/c1-11-7-13(25)8-24(3,4)14(11)6-5-12(2)34-23-21(31)19(29)18(28)16(35-23)10-33-22-20(30)17(27)15(26)9-32-22/h5-7,12,14-23,26-31H,8-10H2,1-4H3/b6-5+/t12-,14+,15+,16+,17-,18+,19-,20+,21+,22-,23+/m1/s1. The van der Waals surface area contributed by atoms with Gasteiger partial charge < -0.3 is 49.6 Å². The van der Waals surface area contributed by atoms with E-state index in [2.05, 4.69) is 0 Å². The minimum atomic E-state index is -1.59. The highest BCUT2D eigenvalue weighted by Gasteiger charge is 2.46. The quantitative estimate of drug-likeness (QED) is 0.230. The van der Waals surface area contributed by atoms with E-state index in [-0.39, 0.29) is 30.3 Å². The van der Waals surface area contributed by atoms with Gasteiger partial charge in [-0.25, -0.2) is 0 Å². The second-order valence-electron chi connectivity index (χ2n) is 10.3. The maximum Gasteiger partial charge on any atom is 0.187 e. The summed E-state index contributed by atoms with van der Waals surface area (Å²) in [4.78, 5) is 11.9. The summed E-state index contributed by atoms with van der Waals surface area (Å²) >= 11 is 0. The zero-order valence-electron chi connectivity index (χ0n) is 20.4. The van der Waals surface area contributed by atoms with Gasteiger partial charge in [-0.05, 0) is 25.3 Å². The van der Waals surface area contributed by atoms with Crippen LogP contribution in [0.4, 0.5) is 0 Å². The summed E-state index contributed by atoms with van der Waals surface area (Å²) in [6.45, 7) is 7.06. The first-order valence-corrected chi connectivity index (χ1v) is 11.8. The van der Waals surface area contributed by atoms with Crippen LogP contribution in [-0.2, 0) is 23.7 Å². The number of aliphatic hydroxyl groups is 6. The number of ketones is 1. The second kappa shape index (κ2) is 11.4. The summed E-state index contributed by atoms with van der Waals surface area (Å²) in [6, 6.07) is 0. The fraction of sp³-hybridized carbons (Fsp3) is 0.792. The molecule has 2 aliphatic heterocycles. The van der Waals surface area contributed by atoms with Crippen LogP contribution in [0.1, 0.15) is 34.1 Å². The van der Waals surface area contributed by atoms with Gasteiger partial charge in [0.25, 0.3) is 0 Å². The third-order valence-corrected chi connectivity index (χ3v) is 6.82. The summed E-state index contributed by atoms with van der Waals surface area (Å²) in [5.74, 6) is 0.116. The van der Waals surface area contributed by atoms with Gasteiger partial charge in [0.1, 0.15) is 42.7 Å². The molecule has 2 heterocycles. The van der Waals surface area contributed by atoms with Crippen molar-refractivity contribution in [2.45, 2.75) is 95.5 Å². The molecule has 200 valence electrons. The van der Waals surface area contributed by atoms with Crippen molar-refractivity contribution in [1.82, 2.24) is 0 Å². The third kappa shape index (κ3) is 6.55. The van der Waals surface area contributed by atoms with Gasteiger partial charge in [-0.3, -0.25) is 4.79 Å². The van der Waals surface area contributed by atoms with Crippen LogP contribution in [0.25, 0.3) is 0 Å². The van der Waals surface area contributed by atoms with Crippen molar-refractivity contribution in [3.8, 4) is 0 Å². The maximum absolute atomic E-state index is 11.9. The monoisotopic (exact) mass is 502 g/mol. The van der Waals surface area contributed by atoms with Crippen LogP contribution >= 0.6 is 0 Å². The molecule has 6 N–H and O–H groups in total. The Kier molecular flexibility index (Phi) is 9.25. The minimum absolute atomic E-state index is 0.0211. The van der Waals surface area contributed by atoms with E-state index in [1.54, 1.807) is 19.1 Å². The van der Waals surface area contributed by atoms with Crippen LogP contribution in [0.2, 0.25) is 0 Å². The zero-order valence-corrected chi connectivity index (χ0v) is 20.4. The normalized spacial score (nSPS) is 43.3. The summed E-state index contributed by atoms with van der Waals surface area (Å²) in [7, 11) is 0. The Hall–Kier alpha value is -1.25. The van der Waals surface area contributed by atoms with Crippen LogP contribution in [0, 0.1) is 11.3 Å². The number of aliphatic hydroxyl groups excluding tert-OH is 6. The molecule has 11 atom stereocenters. The first-order chi connectivity index (χ1) is 16.3. The lowest BCUT2D eigenvalue weighted by molar-refractivity contribution is -0.324. The molecule has 35 heavy (non-hydrogen) atoms. The van der Waals surface area contributed by atoms with Crippen molar-refractivity contribution < 1.29 is 54.4 Å². The van der Waals surface area contributed by atoms with E-state index in [9.17, 15) is 35.4 Å². The summed E-state index contributed by atoms with van der Waals surface area (Å²) < 4.78 is 22.0. The molecule has 2 saturated heterocycles. The van der Waals surface area contributed by atoms with Gasteiger partial charge in [0, 0.05) is 12.3 Å². The Bertz CT molecular complexity index is 796. The van der Waals surface area contributed by atoms with E-state index in [0.717, 1.165) is 5.57 Å². The molecular weight excluding hydrogens is 464 g/mol. The molecule has 11 nitrogen and oxygen atoms in total. The molecule has 0 radical (unpaired) electrons. The van der Waals surface area contributed by atoms with Crippen molar-refractivity contribution >= 4 is 5.78 Å². The smallest absolute Gasteiger partial charge is 0.187 e. The molecule has 3 rings (SSSR count). The number of carbonyl (C=O) groups is 1. The maximum atomic E-state index is 11.9. The predicted octanol–water partition coefficient (Wildman–Crippen LogP) is -1.23. The van der Waals surface area contributed by atoms with Crippen LogP contribution in [0.3, 0.4) is 0 Å². The molecular formula is C24H38O11. The Morgan fingerprint density at radius 2 is 1.71 bits per heavy atom. The first-order valence-electron chi connectivity index (χ1n) is 11.8. The van der Waals surface area contributed by atoms with Crippen LogP contribution in [0.5, 0.6) is 0 Å². The summed E-state index contributed by atoms with van der Waals surface area (Å²) in [5, 5.41) is 60.3. The minimum Gasteiger partial charge on any atom is -0.388 e. The molecule has 0 amide bonds. The van der Waals surface area contributed by atoms with E-state index in [0.29, 0.717) is 6.42 Å². The van der Waals surface area contributed by atoms with E-state index in [1.165, 1.54) is 0 Å². The number of allylic oxidation sites excluding steroid dienone is 3. The van der Waals surface area contributed by atoms with Crippen molar-refractivity contribution in [3.63, 3.8) is 0 Å². The van der Waals surface area contributed by atoms with Crippen molar-refractivity contribution in [3.05, 3.63) is 23.8 Å².